The summed E-state index contributed by atoms with van der Waals surface area (Å²) in [5, 5.41) is 0. The average Bonchev–Trinajstić information content (AvgIpc) is 3.20. The molecular weight excluding hydrogens is 338 g/mol. The first-order chi connectivity index (χ1) is 13.1. The van der Waals surface area contributed by atoms with Crippen LogP contribution in [0, 0.1) is 6.92 Å². The molecule has 2 heterocycles. The van der Waals surface area contributed by atoms with Crippen molar-refractivity contribution >= 4 is 11.8 Å². The lowest BCUT2D eigenvalue weighted by Crippen LogP contribution is -2.33. The van der Waals surface area contributed by atoms with Crippen molar-refractivity contribution in [3.8, 4) is 0 Å². The van der Waals surface area contributed by atoms with Crippen molar-refractivity contribution in [2.45, 2.75) is 19.9 Å². The van der Waals surface area contributed by atoms with Crippen LogP contribution in [0.1, 0.15) is 38.3 Å². The van der Waals surface area contributed by atoms with Gasteiger partial charge in [-0.25, -0.2) is 0 Å². The van der Waals surface area contributed by atoms with Crippen LogP contribution in [0.5, 0.6) is 0 Å². The molecule has 5 heteroatoms. The third-order valence-corrected chi connectivity index (χ3v) is 5.36. The molecule has 0 aliphatic carbocycles. The van der Waals surface area contributed by atoms with Gasteiger partial charge in [0, 0.05) is 32.7 Å². The zero-order valence-electron chi connectivity index (χ0n) is 15.7. The van der Waals surface area contributed by atoms with E-state index >= 15 is 0 Å². The van der Waals surface area contributed by atoms with Crippen molar-refractivity contribution in [1.29, 1.82) is 0 Å². The van der Waals surface area contributed by atoms with Crippen LogP contribution in [0.15, 0.2) is 48.5 Å². The predicted molar refractivity (Wildman–Crippen MR) is 104 cm³/mol. The van der Waals surface area contributed by atoms with Crippen LogP contribution in [0.2, 0.25) is 0 Å². The third-order valence-electron chi connectivity index (χ3n) is 5.36. The normalized spacial score (nSPS) is 17.7. The molecule has 2 aliphatic heterocycles. The number of imide groups is 1. The number of benzene rings is 2. The van der Waals surface area contributed by atoms with E-state index in [9.17, 15) is 9.59 Å². The van der Waals surface area contributed by atoms with Gasteiger partial charge in [-0.05, 0) is 31.0 Å². The first-order valence-electron chi connectivity index (χ1n) is 9.57. The van der Waals surface area contributed by atoms with Gasteiger partial charge < -0.3 is 0 Å². The van der Waals surface area contributed by atoms with Crippen LogP contribution < -0.4 is 0 Å². The summed E-state index contributed by atoms with van der Waals surface area (Å²) in [5.74, 6) is -0.309. The lowest BCUT2D eigenvalue weighted by Gasteiger charge is -2.20. The lowest BCUT2D eigenvalue weighted by atomic mass is 10.1. The molecule has 2 aromatic rings. The summed E-state index contributed by atoms with van der Waals surface area (Å²) in [7, 11) is 0. The number of carbonyl (C=O) groups is 2. The Kier molecular flexibility index (Phi) is 5.05. The topological polar surface area (TPSA) is 43.9 Å². The smallest absolute Gasteiger partial charge is 0.261 e. The maximum Gasteiger partial charge on any atom is 0.261 e. The standard InChI is InChI=1S/C22H25N3O2/c1-17-6-4-7-18(14-17)15-24-13-12-23(16-24)10-5-11-25-21(26)19-8-2-3-9-20(19)22(25)27/h2-4,6-9,14H,5,10-13,15-16H2,1H3. The van der Waals surface area contributed by atoms with Crippen LogP contribution in [0.25, 0.3) is 0 Å². The number of rotatable bonds is 6. The molecule has 0 unspecified atom stereocenters. The zero-order valence-corrected chi connectivity index (χ0v) is 15.7. The molecule has 0 N–H and O–H groups in total. The van der Waals surface area contributed by atoms with E-state index in [-0.39, 0.29) is 11.8 Å². The van der Waals surface area contributed by atoms with E-state index in [2.05, 4.69) is 41.0 Å². The second kappa shape index (κ2) is 7.62. The number of aryl methyl sites for hydroxylation is 1. The Bertz CT molecular complexity index is 829. The molecule has 1 fully saturated rings. The summed E-state index contributed by atoms with van der Waals surface area (Å²) in [6.45, 7) is 7.51. The van der Waals surface area contributed by atoms with Gasteiger partial charge >= 0.3 is 0 Å². The summed E-state index contributed by atoms with van der Waals surface area (Å²) in [6.07, 6.45) is 0.809. The van der Waals surface area contributed by atoms with Gasteiger partial charge in [-0.3, -0.25) is 24.3 Å². The van der Waals surface area contributed by atoms with Gasteiger partial charge in [0.05, 0.1) is 17.8 Å². The van der Waals surface area contributed by atoms with Crippen molar-refractivity contribution in [3.63, 3.8) is 0 Å². The van der Waals surface area contributed by atoms with Gasteiger partial charge in [0.25, 0.3) is 11.8 Å². The monoisotopic (exact) mass is 363 g/mol. The van der Waals surface area contributed by atoms with Crippen molar-refractivity contribution in [3.05, 3.63) is 70.8 Å². The molecule has 2 amide bonds. The first-order valence-corrected chi connectivity index (χ1v) is 9.57. The maximum atomic E-state index is 12.4. The van der Waals surface area contributed by atoms with E-state index in [0.717, 1.165) is 39.3 Å². The minimum atomic E-state index is -0.155. The summed E-state index contributed by atoms with van der Waals surface area (Å²) < 4.78 is 0. The Morgan fingerprint density at radius 3 is 2.26 bits per heavy atom. The largest absolute Gasteiger partial charge is 0.289 e. The molecule has 0 bridgehead atoms. The van der Waals surface area contributed by atoms with Crippen molar-refractivity contribution in [2.24, 2.45) is 0 Å². The minimum absolute atomic E-state index is 0.155. The predicted octanol–water partition coefficient (Wildman–Crippen LogP) is 2.76. The molecule has 0 aromatic heterocycles. The van der Waals surface area contributed by atoms with E-state index in [1.165, 1.54) is 16.0 Å². The molecule has 0 saturated carbocycles. The molecule has 0 radical (unpaired) electrons. The van der Waals surface area contributed by atoms with Crippen LogP contribution in [-0.4, -0.2) is 59.4 Å². The minimum Gasteiger partial charge on any atom is -0.289 e. The van der Waals surface area contributed by atoms with Gasteiger partial charge in [0.1, 0.15) is 0 Å². The van der Waals surface area contributed by atoms with E-state index in [4.69, 9.17) is 0 Å². The Hall–Kier alpha value is -2.50. The summed E-state index contributed by atoms with van der Waals surface area (Å²) >= 11 is 0. The quantitative estimate of drug-likeness (QED) is 0.741. The van der Waals surface area contributed by atoms with Crippen molar-refractivity contribution in [2.75, 3.05) is 32.8 Å². The summed E-state index contributed by atoms with van der Waals surface area (Å²) in [5.41, 5.74) is 3.72. The van der Waals surface area contributed by atoms with E-state index in [1.54, 1.807) is 24.3 Å². The van der Waals surface area contributed by atoms with Crippen LogP contribution in [-0.2, 0) is 6.54 Å². The highest BCUT2D eigenvalue weighted by molar-refractivity contribution is 6.21. The molecular formula is C22H25N3O2. The zero-order chi connectivity index (χ0) is 18.8. The molecule has 5 nitrogen and oxygen atoms in total. The molecule has 1 saturated heterocycles. The maximum absolute atomic E-state index is 12.4. The van der Waals surface area contributed by atoms with E-state index in [0.29, 0.717) is 17.7 Å². The van der Waals surface area contributed by atoms with Gasteiger partial charge in [-0.1, -0.05) is 42.0 Å². The van der Waals surface area contributed by atoms with Gasteiger partial charge in [-0.2, -0.15) is 0 Å². The number of fused-ring (bicyclic) bond motifs is 1. The molecule has 2 aliphatic rings. The fraction of sp³-hybridized carbons (Fsp3) is 0.364. The number of nitrogens with zero attached hydrogens (tertiary/aromatic N) is 3. The number of hydrogen-bond donors (Lipinski definition) is 0. The van der Waals surface area contributed by atoms with Crippen LogP contribution in [0.4, 0.5) is 0 Å². The molecule has 4 rings (SSSR count). The lowest BCUT2D eigenvalue weighted by molar-refractivity contribution is 0.0647. The highest BCUT2D eigenvalue weighted by atomic mass is 16.2. The molecule has 0 atom stereocenters. The van der Waals surface area contributed by atoms with Gasteiger partial charge in [-0.15, -0.1) is 0 Å². The Morgan fingerprint density at radius 1 is 0.852 bits per heavy atom. The second-order valence-corrected chi connectivity index (χ2v) is 7.46. The fourth-order valence-corrected chi connectivity index (χ4v) is 3.98. The van der Waals surface area contributed by atoms with E-state index in [1.807, 2.05) is 0 Å². The molecule has 0 spiro atoms. The molecule has 140 valence electrons. The highest BCUT2D eigenvalue weighted by Crippen LogP contribution is 2.22. The average molecular weight is 363 g/mol. The molecule has 2 aromatic carbocycles. The number of carbonyl (C=O) groups excluding carboxylic acids is 2. The summed E-state index contributed by atoms with van der Waals surface area (Å²) in [4.78, 5) is 31.0. The highest BCUT2D eigenvalue weighted by Gasteiger charge is 2.34. The summed E-state index contributed by atoms with van der Waals surface area (Å²) in [6, 6.07) is 15.7. The SMILES string of the molecule is Cc1cccc(CN2CCN(CCCN3C(=O)c4ccccc4C3=O)C2)c1. The number of hydrogen-bond acceptors (Lipinski definition) is 4. The fourth-order valence-electron chi connectivity index (χ4n) is 3.98. The van der Waals surface area contributed by atoms with E-state index < -0.39 is 0 Å². The Morgan fingerprint density at radius 2 is 1.56 bits per heavy atom. The number of amides is 2. The van der Waals surface area contributed by atoms with Gasteiger partial charge in [0.15, 0.2) is 0 Å². The molecule has 27 heavy (non-hydrogen) atoms. The van der Waals surface area contributed by atoms with Crippen LogP contribution >= 0.6 is 0 Å². The Labute approximate surface area is 160 Å². The van der Waals surface area contributed by atoms with Crippen molar-refractivity contribution < 1.29 is 9.59 Å². The second-order valence-electron chi connectivity index (χ2n) is 7.46. The van der Waals surface area contributed by atoms with Gasteiger partial charge in [0.2, 0.25) is 0 Å². The Balaban J connectivity index is 1.25. The first kappa shape index (κ1) is 17.9. The van der Waals surface area contributed by atoms with Crippen LogP contribution in [0.3, 0.4) is 0 Å². The van der Waals surface area contributed by atoms with Crippen molar-refractivity contribution in [1.82, 2.24) is 14.7 Å². The third kappa shape index (κ3) is 3.80.